The summed E-state index contributed by atoms with van der Waals surface area (Å²) in [6.07, 6.45) is 4.13. The van der Waals surface area contributed by atoms with Gasteiger partial charge in [0, 0.05) is 35.0 Å². The molecule has 7 heteroatoms. The largest absolute Gasteiger partial charge is 0.493 e. The fraction of sp³-hybridized carbons (Fsp3) is 0.267. The van der Waals surface area contributed by atoms with Gasteiger partial charge in [0.25, 0.3) is 0 Å². The topological polar surface area (TPSA) is 73.3 Å². The summed E-state index contributed by atoms with van der Waals surface area (Å²) >= 11 is 2.14. The number of halogens is 1. The molecule has 2 aromatic rings. The summed E-state index contributed by atoms with van der Waals surface area (Å²) in [4.78, 5) is 19.0. The monoisotopic (exact) mass is 413 g/mol. The van der Waals surface area contributed by atoms with Crippen LogP contribution in [0.1, 0.15) is 13.3 Å². The Bertz CT molecular complexity index is 602. The molecule has 1 amide bonds. The van der Waals surface area contributed by atoms with Crippen LogP contribution in [0, 0.1) is 3.57 Å². The van der Waals surface area contributed by atoms with Crippen LogP contribution < -0.4 is 14.8 Å². The van der Waals surface area contributed by atoms with E-state index >= 15 is 0 Å². The number of nitrogens with zero attached hydrogens (tertiary/aromatic N) is 2. The van der Waals surface area contributed by atoms with Gasteiger partial charge in [-0.3, -0.25) is 4.79 Å². The number of carbonyl (C=O) groups excluding carboxylic acids is 1. The van der Waals surface area contributed by atoms with Crippen LogP contribution in [0.5, 0.6) is 11.8 Å². The van der Waals surface area contributed by atoms with E-state index in [1.54, 1.807) is 24.5 Å². The number of anilines is 1. The third-order valence-electron chi connectivity index (χ3n) is 2.56. The molecule has 0 unspecified atom stereocenters. The average Bonchev–Trinajstić information content (AvgIpc) is 2.50. The smallest absolute Gasteiger partial charge is 0.316 e. The van der Waals surface area contributed by atoms with E-state index in [0.29, 0.717) is 19.2 Å². The first-order valence-corrected chi connectivity index (χ1v) is 7.82. The number of rotatable bonds is 7. The molecule has 22 heavy (non-hydrogen) atoms. The minimum atomic E-state index is -0.0939. The van der Waals surface area contributed by atoms with Crippen molar-refractivity contribution in [3.8, 4) is 11.8 Å². The molecule has 6 nitrogen and oxygen atoms in total. The van der Waals surface area contributed by atoms with Crippen LogP contribution in [0.15, 0.2) is 36.7 Å². The SMILES string of the molecule is CC(=O)Nc1ccc(OCCCOc2ncc(I)cn2)cc1. The minimum absolute atomic E-state index is 0.0939. The molecule has 1 aromatic carbocycles. The maximum absolute atomic E-state index is 10.9. The Labute approximate surface area is 142 Å². The molecule has 0 aliphatic heterocycles. The summed E-state index contributed by atoms with van der Waals surface area (Å²) < 4.78 is 12.0. The van der Waals surface area contributed by atoms with Gasteiger partial charge in [0.05, 0.1) is 13.2 Å². The van der Waals surface area contributed by atoms with Gasteiger partial charge < -0.3 is 14.8 Å². The second kappa shape index (κ2) is 8.52. The lowest BCUT2D eigenvalue weighted by Gasteiger charge is -2.08. The number of aromatic nitrogens is 2. The van der Waals surface area contributed by atoms with Crippen LogP contribution in [0.2, 0.25) is 0 Å². The zero-order valence-electron chi connectivity index (χ0n) is 12.1. The number of amides is 1. The maximum atomic E-state index is 10.9. The quantitative estimate of drug-likeness (QED) is 0.558. The van der Waals surface area contributed by atoms with Crippen LogP contribution in [-0.2, 0) is 4.79 Å². The molecule has 0 saturated heterocycles. The van der Waals surface area contributed by atoms with Crippen LogP contribution in [0.4, 0.5) is 5.69 Å². The molecule has 116 valence electrons. The summed E-state index contributed by atoms with van der Waals surface area (Å²) in [7, 11) is 0. The van der Waals surface area contributed by atoms with Crippen LogP contribution in [0.3, 0.4) is 0 Å². The fourth-order valence-electron chi connectivity index (χ4n) is 1.63. The normalized spacial score (nSPS) is 10.1. The lowest BCUT2D eigenvalue weighted by Crippen LogP contribution is -2.07. The number of carbonyl (C=O) groups is 1. The first kappa shape index (κ1) is 16.5. The van der Waals surface area contributed by atoms with Crippen molar-refractivity contribution in [2.75, 3.05) is 18.5 Å². The molecule has 0 radical (unpaired) electrons. The van der Waals surface area contributed by atoms with Gasteiger partial charge in [0.1, 0.15) is 5.75 Å². The Morgan fingerprint density at radius 1 is 1.14 bits per heavy atom. The molecule has 1 N–H and O–H groups in total. The molecule has 0 aliphatic rings. The zero-order valence-corrected chi connectivity index (χ0v) is 14.2. The van der Waals surface area contributed by atoms with Gasteiger partial charge >= 0.3 is 6.01 Å². The van der Waals surface area contributed by atoms with Crippen molar-refractivity contribution in [2.24, 2.45) is 0 Å². The number of hydrogen-bond donors (Lipinski definition) is 1. The number of nitrogens with one attached hydrogen (secondary N) is 1. The minimum Gasteiger partial charge on any atom is -0.493 e. The Kier molecular flexibility index (Phi) is 6.38. The van der Waals surface area contributed by atoms with Gasteiger partial charge in [0.2, 0.25) is 5.91 Å². The standard InChI is InChI=1S/C15H16IN3O3/c1-11(20)19-13-3-5-14(6-4-13)21-7-2-8-22-15-17-9-12(16)10-18-15/h3-6,9-10H,2,7-8H2,1H3,(H,19,20). The van der Waals surface area contributed by atoms with E-state index < -0.39 is 0 Å². The van der Waals surface area contributed by atoms with Crippen molar-refractivity contribution in [1.29, 1.82) is 0 Å². The van der Waals surface area contributed by atoms with Crippen molar-refractivity contribution in [2.45, 2.75) is 13.3 Å². The van der Waals surface area contributed by atoms with Crippen molar-refractivity contribution in [1.82, 2.24) is 9.97 Å². The molecular weight excluding hydrogens is 397 g/mol. The van der Waals surface area contributed by atoms with Gasteiger partial charge in [-0.2, -0.15) is 0 Å². The molecule has 0 atom stereocenters. The van der Waals surface area contributed by atoms with Gasteiger partial charge in [-0.05, 0) is 46.9 Å². The lowest BCUT2D eigenvalue weighted by molar-refractivity contribution is -0.114. The van der Waals surface area contributed by atoms with E-state index in [-0.39, 0.29) is 5.91 Å². The Hall–Kier alpha value is -1.90. The van der Waals surface area contributed by atoms with Gasteiger partial charge in [0.15, 0.2) is 0 Å². The summed E-state index contributed by atoms with van der Waals surface area (Å²) in [5, 5.41) is 2.70. The summed E-state index contributed by atoms with van der Waals surface area (Å²) in [6.45, 7) is 2.50. The molecule has 2 rings (SSSR count). The van der Waals surface area contributed by atoms with Crippen molar-refractivity contribution in [3.05, 3.63) is 40.2 Å². The molecule has 0 bridgehead atoms. The van der Waals surface area contributed by atoms with E-state index in [1.807, 2.05) is 12.1 Å². The third-order valence-corrected chi connectivity index (χ3v) is 3.12. The predicted octanol–water partition coefficient (Wildman–Crippen LogP) is 2.89. The highest BCUT2D eigenvalue weighted by Gasteiger charge is 1.99. The van der Waals surface area contributed by atoms with E-state index in [9.17, 15) is 4.79 Å². The number of benzene rings is 1. The Morgan fingerprint density at radius 2 is 1.77 bits per heavy atom. The molecular formula is C15H16IN3O3. The second-order valence-corrected chi connectivity index (χ2v) is 5.69. The van der Waals surface area contributed by atoms with Crippen LogP contribution in [0.25, 0.3) is 0 Å². The molecule has 0 saturated carbocycles. The van der Waals surface area contributed by atoms with Crippen LogP contribution >= 0.6 is 22.6 Å². The first-order valence-electron chi connectivity index (χ1n) is 6.74. The average molecular weight is 413 g/mol. The maximum Gasteiger partial charge on any atom is 0.316 e. The van der Waals surface area contributed by atoms with Crippen LogP contribution in [-0.4, -0.2) is 29.1 Å². The third kappa shape index (κ3) is 5.84. The Morgan fingerprint density at radius 3 is 2.41 bits per heavy atom. The van der Waals surface area contributed by atoms with Crippen molar-refractivity contribution < 1.29 is 14.3 Å². The Balaban J connectivity index is 1.66. The highest BCUT2D eigenvalue weighted by atomic mass is 127. The lowest BCUT2D eigenvalue weighted by atomic mass is 10.3. The van der Waals surface area contributed by atoms with E-state index in [2.05, 4.69) is 37.9 Å². The van der Waals surface area contributed by atoms with E-state index in [0.717, 1.165) is 21.4 Å². The number of ether oxygens (including phenoxy) is 2. The molecule has 0 fully saturated rings. The fourth-order valence-corrected chi connectivity index (χ4v) is 1.90. The van der Waals surface area contributed by atoms with Crippen molar-refractivity contribution in [3.63, 3.8) is 0 Å². The summed E-state index contributed by atoms with van der Waals surface area (Å²) in [6, 6.07) is 7.60. The molecule has 0 spiro atoms. The molecule has 1 heterocycles. The zero-order chi connectivity index (χ0) is 15.8. The van der Waals surface area contributed by atoms with Gasteiger partial charge in [-0.1, -0.05) is 0 Å². The number of hydrogen-bond acceptors (Lipinski definition) is 5. The first-order chi connectivity index (χ1) is 10.6. The predicted molar refractivity (Wildman–Crippen MR) is 91.1 cm³/mol. The van der Waals surface area contributed by atoms with Crippen molar-refractivity contribution >= 4 is 34.2 Å². The highest BCUT2D eigenvalue weighted by Crippen LogP contribution is 2.15. The summed E-state index contributed by atoms with van der Waals surface area (Å²) in [5.74, 6) is 0.656. The molecule has 1 aromatic heterocycles. The van der Waals surface area contributed by atoms with Gasteiger partial charge in [-0.25, -0.2) is 9.97 Å². The summed E-state index contributed by atoms with van der Waals surface area (Å²) in [5.41, 5.74) is 0.749. The van der Waals surface area contributed by atoms with E-state index in [4.69, 9.17) is 9.47 Å². The molecule has 0 aliphatic carbocycles. The van der Waals surface area contributed by atoms with Gasteiger partial charge in [-0.15, -0.1) is 0 Å². The second-order valence-electron chi connectivity index (χ2n) is 4.44. The highest BCUT2D eigenvalue weighted by molar-refractivity contribution is 14.1. The van der Waals surface area contributed by atoms with E-state index in [1.165, 1.54) is 6.92 Å².